The van der Waals surface area contributed by atoms with Crippen LogP contribution in [0.3, 0.4) is 0 Å². The van der Waals surface area contributed by atoms with E-state index < -0.39 is 5.60 Å². The van der Waals surface area contributed by atoms with Gasteiger partial charge in [0.15, 0.2) is 5.82 Å². The molecule has 34 heavy (non-hydrogen) atoms. The first-order valence-corrected chi connectivity index (χ1v) is 12.8. The average Bonchev–Trinajstić information content (AvgIpc) is 3.45. The smallest absolute Gasteiger partial charge is 0.239 e. The van der Waals surface area contributed by atoms with Gasteiger partial charge in [0.05, 0.1) is 31.3 Å². The fourth-order valence-corrected chi connectivity index (χ4v) is 5.94. The van der Waals surface area contributed by atoms with E-state index in [0.29, 0.717) is 18.4 Å². The first-order chi connectivity index (χ1) is 16.4. The number of aromatic nitrogens is 3. The van der Waals surface area contributed by atoms with Crippen LogP contribution in [0.25, 0.3) is 10.9 Å². The lowest BCUT2D eigenvalue weighted by atomic mass is 9.81. The summed E-state index contributed by atoms with van der Waals surface area (Å²) in [5.41, 5.74) is 1.28. The summed E-state index contributed by atoms with van der Waals surface area (Å²) < 4.78 is 1.76. The summed E-state index contributed by atoms with van der Waals surface area (Å²) in [6, 6.07) is 6.66. The van der Waals surface area contributed by atoms with Gasteiger partial charge >= 0.3 is 0 Å². The lowest BCUT2D eigenvalue weighted by Gasteiger charge is -2.47. The fraction of sp³-hybridized carbons (Fsp3) is 0.542. The molecular formula is C24H32N6O3S. The summed E-state index contributed by atoms with van der Waals surface area (Å²) in [6.07, 6.45) is 5.12. The summed E-state index contributed by atoms with van der Waals surface area (Å²) in [5, 5.41) is 34.7. The van der Waals surface area contributed by atoms with Crippen molar-refractivity contribution in [3.63, 3.8) is 0 Å². The Morgan fingerprint density at radius 2 is 2.09 bits per heavy atom. The van der Waals surface area contributed by atoms with Crippen molar-refractivity contribution in [2.24, 2.45) is 0 Å². The van der Waals surface area contributed by atoms with Crippen LogP contribution in [0.15, 0.2) is 29.8 Å². The van der Waals surface area contributed by atoms with Gasteiger partial charge in [-0.1, -0.05) is 11.6 Å². The Hall–Kier alpha value is -2.53. The molecule has 1 aromatic carbocycles. The number of nitrogens with zero attached hydrogens (tertiary/aromatic N) is 4. The van der Waals surface area contributed by atoms with Crippen LogP contribution < -0.4 is 10.6 Å². The molecule has 3 aromatic rings. The number of aryl methyl sites for hydroxylation is 1. The molecule has 0 radical (unpaired) electrons. The van der Waals surface area contributed by atoms with Crippen molar-refractivity contribution in [1.29, 1.82) is 0 Å². The third kappa shape index (κ3) is 4.68. The van der Waals surface area contributed by atoms with Crippen LogP contribution in [0.4, 0.5) is 5.82 Å². The van der Waals surface area contributed by atoms with E-state index >= 15 is 0 Å². The Morgan fingerprint density at radius 1 is 1.29 bits per heavy atom. The predicted molar refractivity (Wildman–Crippen MR) is 132 cm³/mol. The van der Waals surface area contributed by atoms with E-state index in [0.717, 1.165) is 60.2 Å². The fourth-order valence-electron chi connectivity index (χ4n) is 5.15. The van der Waals surface area contributed by atoms with Crippen LogP contribution in [-0.4, -0.2) is 74.1 Å². The van der Waals surface area contributed by atoms with Crippen molar-refractivity contribution in [1.82, 2.24) is 25.0 Å². The molecule has 0 spiro atoms. The Labute approximate surface area is 202 Å². The van der Waals surface area contributed by atoms with Crippen LogP contribution in [0, 0.1) is 6.92 Å². The largest absolute Gasteiger partial charge is 0.394 e. The Bertz CT molecular complexity index is 1130. The number of aliphatic hydroxyl groups is 2. The number of carbonyl (C=O) groups is 1. The van der Waals surface area contributed by atoms with Gasteiger partial charge in [0.2, 0.25) is 5.91 Å². The number of benzene rings is 1. The summed E-state index contributed by atoms with van der Waals surface area (Å²) in [5.74, 6) is 0.608. The van der Waals surface area contributed by atoms with Gasteiger partial charge in [-0.15, -0.1) is 11.3 Å². The van der Waals surface area contributed by atoms with Gasteiger partial charge in [-0.25, -0.2) is 4.98 Å². The molecule has 0 atom stereocenters. The molecule has 3 heterocycles. The number of rotatable bonds is 8. The zero-order chi connectivity index (χ0) is 23.7. The molecule has 5 rings (SSSR count). The van der Waals surface area contributed by atoms with Crippen molar-refractivity contribution >= 4 is 34.0 Å². The first kappa shape index (κ1) is 23.2. The van der Waals surface area contributed by atoms with E-state index in [1.807, 2.05) is 30.5 Å². The van der Waals surface area contributed by atoms with Crippen molar-refractivity contribution in [3.05, 3.63) is 40.3 Å². The maximum absolute atomic E-state index is 12.5. The lowest BCUT2D eigenvalue weighted by molar-refractivity contribution is -0.121. The van der Waals surface area contributed by atoms with Crippen LogP contribution in [0.5, 0.6) is 0 Å². The van der Waals surface area contributed by atoms with Gasteiger partial charge in [0, 0.05) is 36.1 Å². The summed E-state index contributed by atoms with van der Waals surface area (Å²) in [6.45, 7) is 4.29. The van der Waals surface area contributed by atoms with Gasteiger partial charge in [-0.3, -0.25) is 14.4 Å². The SMILES string of the molecule is Cc1ccc2c(c1)c(NCC(=O)NC1CN([C@H]3CC[C@@](O)(c4nccs4)CC3)C1)nn2CCO. The van der Waals surface area contributed by atoms with Crippen molar-refractivity contribution in [3.8, 4) is 0 Å². The molecular weight excluding hydrogens is 452 g/mol. The van der Waals surface area contributed by atoms with E-state index in [1.165, 1.54) is 11.3 Å². The predicted octanol–water partition coefficient (Wildman–Crippen LogP) is 1.84. The van der Waals surface area contributed by atoms with Gasteiger partial charge in [-0.2, -0.15) is 5.10 Å². The quantitative estimate of drug-likeness (QED) is 0.386. The van der Waals surface area contributed by atoms with Crippen LogP contribution in [0.2, 0.25) is 0 Å². The first-order valence-electron chi connectivity index (χ1n) is 11.9. The van der Waals surface area contributed by atoms with Gasteiger partial charge < -0.3 is 20.8 Å². The van der Waals surface area contributed by atoms with Crippen molar-refractivity contribution in [2.75, 3.05) is 31.6 Å². The van der Waals surface area contributed by atoms with E-state index in [9.17, 15) is 15.0 Å². The van der Waals surface area contributed by atoms with E-state index in [1.54, 1.807) is 10.9 Å². The minimum atomic E-state index is -0.776. The van der Waals surface area contributed by atoms with Crippen molar-refractivity contribution < 1.29 is 15.0 Å². The Balaban J connectivity index is 1.09. The molecule has 9 nitrogen and oxygen atoms in total. The maximum Gasteiger partial charge on any atom is 0.239 e. The maximum atomic E-state index is 12.5. The number of hydrogen-bond donors (Lipinski definition) is 4. The molecule has 10 heteroatoms. The standard InChI is InChI=1S/C24H32N6O3S/c1-16-2-3-20-19(12-16)22(28-30(20)9-10-31)26-13-21(32)27-17-14-29(15-17)18-4-6-24(33,7-5-18)23-25-8-11-34-23/h2-3,8,11-12,17-18,31,33H,4-7,9-10,13-15H2,1H3,(H,26,28)(H,27,32)/t18-,24-. The molecule has 1 aliphatic carbocycles. The summed E-state index contributed by atoms with van der Waals surface area (Å²) in [4.78, 5) is 19.3. The third-order valence-corrected chi connectivity index (χ3v) is 8.00. The Morgan fingerprint density at radius 3 is 2.79 bits per heavy atom. The molecule has 1 amide bonds. The average molecular weight is 485 g/mol. The number of nitrogens with one attached hydrogen (secondary N) is 2. The number of thiazole rings is 1. The second-order valence-corrected chi connectivity index (χ2v) is 10.4. The summed E-state index contributed by atoms with van der Waals surface area (Å²) >= 11 is 1.53. The number of amides is 1. The molecule has 2 aliphatic rings. The van der Waals surface area contributed by atoms with E-state index in [-0.39, 0.29) is 25.1 Å². The van der Waals surface area contributed by atoms with Gasteiger partial charge in [-0.05, 0) is 44.7 Å². The third-order valence-electron chi connectivity index (χ3n) is 7.04. The minimum Gasteiger partial charge on any atom is -0.394 e. The number of likely N-dealkylation sites (tertiary alicyclic amines) is 1. The lowest BCUT2D eigenvalue weighted by Crippen LogP contribution is -2.63. The molecule has 2 fully saturated rings. The van der Waals surface area contributed by atoms with Crippen LogP contribution >= 0.6 is 11.3 Å². The molecule has 1 saturated carbocycles. The molecule has 2 aromatic heterocycles. The molecule has 182 valence electrons. The highest BCUT2D eigenvalue weighted by molar-refractivity contribution is 7.09. The van der Waals surface area contributed by atoms with Gasteiger partial charge in [0.1, 0.15) is 10.6 Å². The van der Waals surface area contributed by atoms with Crippen molar-refractivity contribution in [2.45, 2.75) is 56.8 Å². The number of anilines is 1. The highest BCUT2D eigenvalue weighted by Gasteiger charge is 2.41. The number of aliphatic hydroxyl groups excluding tert-OH is 1. The summed E-state index contributed by atoms with van der Waals surface area (Å²) in [7, 11) is 0. The second kappa shape index (κ2) is 9.61. The van der Waals surface area contributed by atoms with E-state index in [2.05, 4.69) is 25.6 Å². The van der Waals surface area contributed by atoms with Crippen LogP contribution in [0.1, 0.15) is 36.3 Å². The minimum absolute atomic E-state index is 0.00790. The highest BCUT2D eigenvalue weighted by atomic mass is 32.1. The topological polar surface area (TPSA) is 116 Å². The molecule has 0 unspecified atom stereocenters. The molecule has 0 bridgehead atoms. The van der Waals surface area contributed by atoms with Gasteiger partial charge in [0.25, 0.3) is 0 Å². The molecule has 4 N–H and O–H groups in total. The highest BCUT2D eigenvalue weighted by Crippen LogP contribution is 2.40. The Kier molecular flexibility index (Phi) is 6.57. The number of fused-ring (bicyclic) bond motifs is 1. The zero-order valence-electron chi connectivity index (χ0n) is 19.4. The van der Waals surface area contributed by atoms with E-state index in [4.69, 9.17) is 0 Å². The number of carbonyl (C=O) groups excluding carboxylic acids is 1. The number of hydrogen-bond acceptors (Lipinski definition) is 8. The van der Waals surface area contributed by atoms with Crippen LogP contribution in [-0.2, 0) is 16.9 Å². The zero-order valence-corrected chi connectivity index (χ0v) is 20.2. The monoisotopic (exact) mass is 484 g/mol. The molecule has 1 saturated heterocycles. The molecule has 1 aliphatic heterocycles. The second-order valence-electron chi connectivity index (χ2n) is 9.49. The normalized spacial score (nSPS) is 23.7.